The Hall–Kier alpha value is -2.60. The molecule has 0 aliphatic carbocycles. The van der Waals surface area contributed by atoms with Crippen molar-refractivity contribution in [2.24, 2.45) is 0 Å². The number of aromatic nitrogens is 1. The van der Waals surface area contributed by atoms with Gasteiger partial charge in [0.05, 0.1) is 6.04 Å². The Morgan fingerprint density at radius 2 is 2.00 bits per heavy atom. The Bertz CT molecular complexity index is 953. The number of hydrogen-bond donors (Lipinski definition) is 2. The van der Waals surface area contributed by atoms with Crippen LogP contribution < -0.4 is 14.8 Å². The Balaban J connectivity index is 1.95. The lowest BCUT2D eigenvalue weighted by atomic mass is 10.2. The number of hydrogen-bond acceptors (Lipinski definition) is 6. The van der Waals surface area contributed by atoms with Crippen molar-refractivity contribution in [3.05, 3.63) is 41.3 Å². The minimum atomic E-state index is -4.46. The zero-order valence-corrected chi connectivity index (χ0v) is 16.6. The van der Waals surface area contributed by atoms with Gasteiger partial charge in [-0.2, -0.15) is 17.9 Å². The number of rotatable bonds is 8. The second-order valence-electron chi connectivity index (χ2n) is 6.27. The fourth-order valence-electron chi connectivity index (χ4n) is 2.46. The SMILES string of the molecule is Cc1noc(C)c1S(=O)(=O)N[C@@H](C)C(=O)NCc1cccc(OCC(F)(F)F)c1. The predicted molar refractivity (Wildman–Crippen MR) is 95.6 cm³/mol. The quantitative estimate of drug-likeness (QED) is 0.658. The number of nitrogens with one attached hydrogen (secondary N) is 2. The van der Waals surface area contributed by atoms with E-state index in [-0.39, 0.29) is 28.6 Å². The van der Waals surface area contributed by atoms with Crippen molar-refractivity contribution >= 4 is 15.9 Å². The molecule has 0 saturated carbocycles. The highest BCUT2D eigenvalue weighted by Crippen LogP contribution is 2.20. The lowest BCUT2D eigenvalue weighted by Gasteiger charge is -2.15. The largest absolute Gasteiger partial charge is 0.484 e. The normalized spacial score (nSPS) is 13.2. The van der Waals surface area contributed by atoms with Crippen molar-refractivity contribution in [2.75, 3.05) is 6.61 Å². The highest BCUT2D eigenvalue weighted by molar-refractivity contribution is 7.89. The molecule has 0 radical (unpaired) electrons. The summed E-state index contributed by atoms with van der Waals surface area (Å²) in [6.07, 6.45) is -4.46. The number of carbonyl (C=O) groups excluding carboxylic acids is 1. The molecule has 1 heterocycles. The summed E-state index contributed by atoms with van der Waals surface area (Å²) in [6, 6.07) is 4.66. The molecular formula is C17H20F3N3O5S. The number of ether oxygens (including phenoxy) is 1. The number of amides is 1. The monoisotopic (exact) mass is 435 g/mol. The lowest BCUT2D eigenvalue weighted by molar-refractivity contribution is -0.153. The van der Waals surface area contributed by atoms with E-state index < -0.39 is 34.8 Å². The van der Waals surface area contributed by atoms with Crippen LogP contribution in [0, 0.1) is 13.8 Å². The molecule has 0 spiro atoms. The molecular weight excluding hydrogens is 415 g/mol. The first-order valence-corrected chi connectivity index (χ1v) is 9.89. The van der Waals surface area contributed by atoms with Crippen LogP contribution in [0.2, 0.25) is 0 Å². The van der Waals surface area contributed by atoms with Crippen LogP contribution in [0.15, 0.2) is 33.7 Å². The maximum atomic E-state index is 12.4. The summed E-state index contributed by atoms with van der Waals surface area (Å²) in [5.41, 5.74) is 0.650. The highest BCUT2D eigenvalue weighted by atomic mass is 32.2. The summed E-state index contributed by atoms with van der Waals surface area (Å²) in [6.45, 7) is 2.80. The van der Waals surface area contributed by atoms with E-state index in [9.17, 15) is 26.4 Å². The second kappa shape index (κ2) is 8.82. The molecule has 0 fully saturated rings. The molecule has 0 aliphatic heterocycles. The molecule has 8 nitrogen and oxygen atoms in total. The number of aryl methyl sites for hydroxylation is 2. The molecule has 160 valence electrons. The van der Waals surface area contributed by atoms with Crippen LogP contribution in [-0.4, -0.2) is 38.3 Å². The van der Waals surface area contributed by atoms with Gasteiger partial charge in [-0.05, 0) is 38.5 Å². The van der Waals surface area contributed by atoms with E-state index in [1.165, 1.54) is 39.0 Å². The van der Waals surface area contributed by atoms with Gasteiger partial charge in [0.2, 0.25) is 15.9 Å². The molecule has 1 aromatic carbocycles. The third-order valence-electron chi connectivity index (χ3n) is 3.73. The predicted octanol–water partition coefficient (Wildman–Crippen LogP) is 2.22. The third-order valence-corrected chi connectivity index (χ3v) is 5.51. The van der Waals surface area contributed by atoms with Crippen LogP contribution in [-0.2, 0) is 21.4 Å². The minimum absolute atomic E-state index is 0.00114. The maximum absolute atomic E-state index is 12.4. The summed E-state index contributed by atoms with van der Waals surface area (Å²) >= 11 is 0. The van der Waals surface area contributed by atoms with E-state index >= 15 is 0 Å². The van der Waals surface area contributed by atoms with Crippen LogP contribution >= 0.6 is 0 Å². The fourth-order valence-corrected chi connectivity index (χ4v) is 3.99. The van der Waals surface area contributed by atoms with Gasteiger partial charge in [-0.3, -0.25) is 4.79 Å². The van der Waals surface area contributed by atoms with E-state index in [1.807, 2.05) is 0 Å². The summed E-state index contributed by atoms with van der Waals surface area (Å²) in [4.78, 5) is 12.1. The van der Waals surface area contributed by atoms with Gasteiger partial charge >= 0.3 is 6.18 Å². The van der Waals surface area contributed by atoms with Gasteiger partial charge in [-0.1, -0.05) is 17.3 Å². The summed E-state index contributed by atoms with van der Waals surface area (Å²) in [5, 5.41) is 6.08. The minimum Gasteiger partial charge on any atom is -0.484 e. The number of alkyl halides is 3. The van der Waals surface area contributed by atoms with Crippen LogP contribution in [0.1, 0.15) is 23.9 Å². The van der Waals surface area contributed by atoms with E-state index in [0.717, 1.165) is 0 Å². The first-order chi connectivity index (χ1) is 13.4. The second-order valence-corrected chi connectivity index (χ2v) is 7.92. The van der Waals surface area contributed by atoms with Gasteiger partial charge in [-0.25, -0.2) is 8.42 Å². The standard InChI is InChI=1S/C17H20F3N3O5S/c1-10-15(12(3)28-22-10)29(25,26)23-11(2)16(24)21-8-13-5-4-6-14(7-13)27-9-17(18,19)20/h4-7,11,23H,8-9H2,1-3H3,(H,21,24)/t11-/m0/s1. The van der Waals surface area contributed by atoms with Crippen molar-refractivity contribution < 1.29 is 35.6 Å². The summed E-state index contributed by atoms with van der Waals surface area (Å²) < 4.78 is 73.2. The van der Waals surface area contributed by atoms with E-state index in [1.54, 1.807) is 6.07 Å². The summed E-state index contributed by atoms with van der Waals surface area (Å²) in [7, 11) is -4.03. The zero-order valence-electron chi connectivity index (χ0n) is 15.8. The Morgan fingerprint density at radius 3 is 2.59 bits per heavy atom. The molecule has 29 heavy (non-hydrogen) atoms. The zero-order chi connectivity index (χ0) is 21.8. The Kier molecular flexibility index (Phi) is 6.90. The van der Waals surface area contributed by atoms with Gasteiger partial charge in [0.15, 0.2) is 12.4 Å². The first kappa shape index (κ1) is 22.7. The first-order valence-electron chi connectivity index (χ1n) is 8.40. The smallest absolute Gasteiger partial charge is 0.422 e. The van der Waals surface area contributed by atoms with Gasteiger partial charge in [0.1, 0.15) is 16.3 Å². The topological polar surface area (TPSA) is 111 Å². The third kappa shape index (κ3) is 6.46. The van der Waals surface area contributed by atoms with Crippen LogP contribution in [0.4, 0.5) is 13.2 Å². The van der Waals surface area contributed by atoms with Crippen molar-refractivity contribution in [1.82, 2.24) is 15.2 Å². The highest BCUT2D eigenvalue weighted by Gasteiger charge is 2.29. The molecule has 0 aliphatic rings. The maximum Gasteiger partial charge on any atom is 0.422 e. The van der Waals surface area contributed by atoms with Crippen LogP contribution in [0.3, 0.4) is 0 Å². The molecule has 1 aromatic heterocycles. The molecule has 1 amide bonds. The average molecular weight is 435 g/mol. The van der Waals surface area contributed by atoms with E-state index in [2.05, 4.69) is 19.9 Å². The number of carbonyl (C=O) groups is 1. The van der Waals surface area contributed by atoms with E-state index in [4.69, 9.17) is 4.52 Å². The molecule has 2 rings (SSSR count). The molecule has 12 heteroatoms. The van der Waals surface area contributed by atoms with Crippen molar-refractivity contribution in [3.63, 3.8) is 0 Å². The molecule has 0 saturated heterocycles. The van der Waals surface area contributed by atoms with Gasteiger partial charge in [0, 0.05) is 6.54 Å². The number of nitrogens with zero attached hydrogens (tertiary/aromatic N) is 1. The lowest BCUT2D eigenvalue weighted by Crippen LogP contribution is -2.44. The van der Waals surface area contributed by atoms with Crippen LogP contribution in [0.25, 0.3) is 0 Å². The molecule has 2 aromatic rings. The molecule has 2 N–H and O–H groups in total. The van der Waals surface area contributed by atoms with Crippen molar-refractivity contribution in [2.45, 2.75) is 44.4 Å². The van der Waals surface area contributed by atoms with Gasteiger partial charge in [0.25, 0.3) is 0 Å². The number of benzene rings is 1. The van der Waals surface area contributed by atoms with Crippen molar-refractivity contribution in [3.8, 4) is 5.75 Å². The summed E-state index contributed by atoms with van der Waals surface area (Å²) in [5.74, 6) is -0.526. The Morgan fingerprint density at radius 1 is 1.31 bits per heavy atom. The number of sulfonamides is 1. The molecule has 0 unspecified atom stereocenters. The molecule has 1 atom stereocenters. The van der Waals surface area contributed by atoms with E-state index in [0.29, 0.717) is 5.56 Å². The Labute approximate surface area is 165 Å². The fraction of sp³-hybridized carbons (Fsp3) is 0.412. The molecule has 0 bridgehead atoms. The van der Waals surface area contributed by atoms with Gasteiger partial charge in [-0.15, -0.1) is 0 Å². The van der Waals surface area contributed by atoms with Crippen molar-refractivity contribution in [1.29, 1.82) is 0 Å². The van der Waals surface area contributed by atoms with Gasteiger partial charge < -0.3 is 14.6 Å². The van der Waals surface area contributed by atoms with Crippen LogP contribution in [0.5, 0.6) is 5.75 Å². The average Bonchev–Trinajstić information content (AvgIpc) is 2.96. The number of halogens is 3.